The van der Waals surface area contributed by atoms with Gasteiger partial charge in [0.15, 0.2) is 5.75 Å². The summed E-state index contributed by atoms with van der Waals surface area (Å²) in [5.74, 6) is 3.27. The quantitative estimate of drug-likeness (QED) is 0.136. The van der Waals surface area contributed by atoms with Crippen LogP contribution >= 0.6 is 0 Å². The van der Waals surface area contributed by atoms with Crippen LogP contribution in [-0.2, 0) is 5.41 Å². The number of benzene rings is 11. The van der Waals surface area contributed by atoms with Gasteiger partial charge in [0.05, 0.1) is 11.1 Å². The Morgan fingerprint density at radius 1 is 0.299 bits per heavy atom. The molecular weight excluding hydrogens is 937 g/mol. The van der Waals surface area contributed by atoms with Gasteiger partial charge in [-0.15, -0.1) is 0 Å². The Hall–Kier alpha value is -9.90. The van der Waals surface area contributed by atoms with Crippen LogP contribution in [0.3, 0.4) is 0 Å². The average molecular weight is 989 g/mol. The van der Waals surface area contributed by atoms with E-state index in [9.17, 15) is 0 Å². The van der Waals surface area contributed by atoms with Crippen LogP contribution in [0.25, 0.3) is 39.0 Å². The molecule has 366 valence electrons. The zero-order chi connectivity index (χ0) is 51.1. The second-order valence-corrected chi connectivity index (χ2v) is 19.9. The molecule has 2 heterocycles. The van der Waals surface area contributed by atoms with Gasteiger partial charge in [-0.05, 0) is 142 Å². The molecular formula is C73H52N2O2. The lowest BCUT2D eigenvalue weighted by Crippen LogP contribution is -2.37. The highest BCUT2D eigenvalue weighted by Crippen LogP contribution is 2.63. The SMILES string of the molecule is C1=CCCC(c2ccc(N(c3ccc(-c4ccccc4)cc3)c3ccc(-c4ccc(N(c5ccc(-c6ccccc6)cc5)c5cccc6c5Oc5ccccc5C65c6ccccc6Oc6ccccc65)cc4)cc3)cc2)=C1. The molecule has 1 spiro atoms. The molecule has 14 rings (SSSR count). The van der Waals surface area contributed by atoms with Crippen molar-refractivity contribution in [3.05, 3.63) is 319 Å². The summed E-state index contributed by atoms with van der Waals surface area (Å²) in [7, 11) is 0. The monoisotopic (exact) mass is 988 g/mol. The Bertz CT molecular complexity index is 3930. The highest BCUT2D eigenvalue weighted by Gasteiger charge is 2.51. The number of rotatable bonds is 10. The second-order valence-electron chi connectivity index (χ2n) is 19.9. The van der Waals surface area contributed by atoms with Gasteiger partial charge in [-0.3, -0.25) is 0 Å². The van der Waals surface area contributed by atoms with Gasteiger partial charge in [-0.25, -0.2) is 0 Å². The van der Waals surface area contributed by atoms with Gasteiger partial charge in [-0.2, -0.15) is 0 Å². The van der Waals surface area contributed by atoms with Crippen molar-refractivity contribution < 1.29 is 9.47 Å². The molecule has 4 nitrogen and oxygen atoms in total. The van der Waals surface area contributed by atoms with Gasteiger partial charge in [0, 0.05) is 50.7 Å². The first kappa shape index (κ1) is 45.7. The maximum atomic E-state index is 7.24. The van der Waals surface area contributed by atoms with Crippen LogP contribution in [0.5, 0.6) is 23.0 Å². The molecule has 77 heavy (non-hydrogen) atoms. The van der Waals surface area contributed by atoms with E-state index in [0.29, 0.717) is 0 Å². The van der Waals surface area contributed by atoms with Gasteiger partial charge in [0.2, 0.25) is 0 Å². The number of allylic oxidation sites excluding steroid dienone is 4. The summed E-state index contributed by atoms with van der Waals surface area (Å²) >= 11 is 0. The van der Waals surface area contributed by atoms with Crippen LogP contribution in [0.2, 0.25) is 0 Å². The zero-order valence-corrected chi connectivity index (χ0v) is 42.3. The number of para-hydroxylation sites is 4. The minimum atomic E-state index is -0.723. The van der Waals surface area contributed by atoms with E-state index < -0.39 is 5.41 Å². The number of ether oxygens (including phenoxy) is 2. The normalized spacial score (nSPS) is 13.4. The molecule has 0 saturated heterocycles. The van der Waals surface area contributed by atoms with Crippen molar-refractivity contribution in [2.45, 2.75) is 18.3 Å². The molecule has 0 N–H and O–H groups in total. The topological polar surface area (TPSA) is 24.9 Å². The minimum absolute atomic E-state index is 0.723. The fourth-order valence-electron chi connectivity index (χ4n) is 11.8. The molecule has 0 saturated carbocycles. The highest BCUT2D eigenvalue weighted by atomic mass is 16.5. The number of nitrogens with zero attached hydrogens (tertiary/aromatic N) is 2. The van der Waals surface area contributed by atoms with Gasteiger partial charge in [-0.1, -0.05) is 206 Å². The molecule has 0 radical (unpaired) electrons. The minimum Gasteiger partial charge on any atom is -0.457 e. The lowest BCUT2D eigenvalue weighted by Gasteiger charge is -2.45. The molecule has 0 bridgehead atoms. The zero-order valence-electron chi connectivity index (χ0n) is 42.3. The molecule has 0 amide bonds. The summed E-state index contributed by atoms with van der Waals surface area (Å²) in [4.78, 5) is 4.69. The van der Waals surface area contributed by atoms with Crippen LogP contribution < -0.4 is 19.3 Å². The second kappa shape index (κ2) is 19.4. The van der Waals surface area contributed by atoms with E-state index >= 15 is 0 Å². The first-order valence-electron chi connectivity index (χ1n) is 26.5. The van der Waals surface area contributed by atoms with Crippen LogP contribution in [-0.4, -0.2) is 0 Å². The fourth-order valence-corrected chi connectivity index (χ4v) is 11.8. The van der Waals surface area contributed by atoms with Gasteiger partial charge >= 0.3 is 0 Å². The number of hydrogen-bond acceptors (Lipinski definition) is 4. The van der Waals surface area contributed by atoms with Crippen molar-refractivity contribution in [3.63, 3.8) is 0 Å². The van der Waals surface area contributed by atoms with Crippen LogP contribution in [0.4, 0.5) is 34.1 Å². The summed E-state index contributed by atoms with van der Waals surface area (Å²) in [6, 6.07) is 97.8. The van der Waals surface area contributed by atoms with Crippen molar-refractivity contribution >= 4 is 39.7 Å². The predicted octanol–water partition coefficient (Wildman–Crippen LogP) is 20.0. The van der Waals surface area contributed by atoms with E-state index in [1.165, 1.54) is 27.8 Å². The first-order valence-corrected chi connectivity index (χ1v) is 26.5. The fraction of sp³-hybridized carbons (Fsp3) is 0.0411. The number of fused-ring (bicyclic) bond motifs is 8. The predicted molar refractivity (Wildman–Crippen MR) is 317 cm³/mol. The van der Waals surface area contributed by atoms with E-state index in [-0.39, 0.29) is 0 Å². The van der Waals surface area contributed by atoms with E-state index in [1.807, 2.05) is 0 Å². The van der Waals surface area contributed by atoms with Crippen molar-refractivity contribution in [1.29, 1.82) is 0 Å². The molecule has 11 aromatic rings. The Morgan fingerprint density at radius 3 is 1.09 bits per heavy atom. The van der Waals surface area contributed by atoms with Crippen LogP contribution in [0.1, 0.15) is 40.7 Å². The summed E-state index contributed by atoms with van der Waals surface area (Å²) in [6.07, 6.45) is 8.79. The molecule has 3 aliphatic rings. The lowest BCUT2D eigenvalue weighted by atomic mass is 9.62. The lowest BCUT2D eigenvalue weighted by molar-refractivity contribution is 0.400. The Kier molecular flexibility index (Phi) is 11.5. The average Bonchev–Trinajstić information content (AvgIpc) is 3.68. The third-order valence-electron chi connectivity index (χ3n) is 15.5. The van der Waals surface area contributed by atoms with Crippen LogP contribution in [0, 0.1) is 0 Å². The Labute approximate surface area is 450 Å². The van der Waals surface area contributed by atoms with Crippen molar-refractivity contribution in [2.75, 3.05) is 9.80 Å². The maximum Gasteiger partial charge on any atom is 0.156 e. The van der Waals surface area contributed by atoms with Gasteiger partial charge < -0.3 is 19.3 Å². The third-order valence-corrected chi connectivity index (χ3v) is 15.5. The summed E-state index contributed by atoms with van der Waals surface area (Å²) < 4.78 is 13.9. The molecule has 4 heteroatoms. The van der Waals surface area contributed by atoms with Crippen LogP contribution in [0.15, 0.2) is 291 Å². The van der Waals surface area contributed by atoms with E-state index in [4.69, 9.17) is 9.47 Å². The number of hydrogen-bond donors (Lipinski definition) is 0. The molecule has 0 fully saturated rings. The molecule has 11 aromatic carbocycles. The first-order chi connectivity index (χ1) is 38.2. The maximum absolute atomic E-state index is 7.24. The standard InChI is InChI=1S/C73H52N2O2/c1-4-17-51(18-5-1)54-31-41-59(42-32-54)74(60-43-33-55(34-44-60)52-19-6-2-7-20-52)61-45-35-57(36-46-61)58-39-49-63(50-40-58)75(62-47-37-56(38-48-62)53-21-8-3-9-22-53)68-27-16-26-67-72(68)77-71-30-15-12-25-66(71)73(67)64-23-10-13-28-69(64)76-70-29-14-11-24-65(70)73/h1-6,8-19,21-50H,7,20H2. The van der Waals surface area contributed by atoms with Gasteiger partial charge in [0.1, 0.15) is 17.2 Å². The van der Waals surface area contributed by atoms with Gasteiger partial charge in [0.25, 0.3) is 0 Å². The van der Waals surface area contributed by atoms with Crippen molar-refractivity contribution in [2.24, 2.45) is 0 Å². The molecule has 0 unspecified atom stereocenters. The van der Waals surface area contributed by atoms with E-state index in [2.05, 4.69) is 301 Å². The summed E-state index contributed by atoms with van der Waals surface area (Å²) in [5.41, 5.74) is 19.4. The third kappa shape index (κ3) is 8.10. The molecule has 0 atom stereocenters. The smallest absolute Gasteiger partial charge is 0.156 e. The molecule has 2 aliphatic heterocycles. The summed E-state index contributed by atoms with van der Waals surface area (Å²) in [5, 5.41) is 0. The van der Waals surface area contributed by atoms with Crippen molar-refractivity contribution in [1.82, 2.24) is 0 Å². The van der Waals surface area contributed by atoms with E-state index in [1.54, 1.807) is 0 Å². The highest BCUT2D eigenvalue weighted by molar-refractivity contribution is 5.88. The van der Waals surface area contributed by atoms with Crippen molar-refractivity contribution in [3.8, 4) is 56.4 Å². The Balaban J connectivity index is 0.858. The molecule has 0 aromatic heterocycles. The Morgan fingerprint density at radius 2 is 0.662 bits per heavy atom. The summed E-state index contributed by atoms with van der Waals surface area (Å²) in [6.45, 7) is 0. The molecule has 1 aliphatic carbocycles. The largest absolute Gasteiger partial charge is 0.457 e. The number of anilines is 6. The van der Waals surface area contributed by atoms with E-state index in [0.717, 1.165) is 109 Å².